The monoisotopic (exact) mass is 384 g/mol. The molecule has 1 N–H and O–H groups in total. The van der Waals surface area contributed by atoms with Crippen LogP contribution in [0.2, 0.25) is 0 Å². The van der Waals surface area contributed by atoms with E-state index in [2.05, 4.69) is 29.2 Å². The van der Waals surface area contributed by atoms with Gasteiger partial charge in [-0.2, -0.15) is 5.10 Å². The second-order valence-electron chi connectivity index (χ2n) is 8.15. The molecule has 152 valence electrons. The van der Waals surface area contributed by atoms with Crippen LogP contribution in [0.15, 0.2) is 30.3 Å². The number of carbonyl (C=O) groups excluding carboxylic acids is 1. The molecule has 6 nitrogen and oxygen atoms in total. The third-order valence-electron chi connectivity index (χ3n) is 5.21. The van der Waals surface area contributed by atoms with Crippen molar-refractivity contribution in [2.24, 2.45) is 11.8 Å². The molecule has 2 aromatic rings. The molecule has 1 atom stereocenters. The van der Waals surface area contributed by atoms with Crippen molar-refractivity contribution < 1.29 is 9.53 Å². The molecule has 1 amide bonds. The summed E-state index contributed by atoms with van der Waals surface area (Å²) in [5, 5.41) is 7.60. The molecule has 1 unspecified atom stereocenters. The Bertz CT molecular complexity index is 782. The van der Waals surface area contributed by atoms with Gasteiger partial charge in [0.05, 0.1) is 12.8 Å². The number of methoxy groups -OCH3 is 1. The molecule has 0 aliphatic carbocycles. The zero-order valence-electron chi connectivity index (χ0n) is 17.4. The summed E-state index contributed by atoms with van der Waals surface area (Å²) < 4.78 is 6.99. The lowest BCUT2D eigenvalue weighted by molar-refractivity contribution is 0.0924. The molecule has 0 radical (unpaired) electrons. The van der Waals surface area contributed by atoms with E-state index in [1.54, 1.807) is 11.8 Å². The number of aryl methyl sites for hydroxylation is 1. The number of hydrogen-bond donors (Lipinski definition) is 1. The van der Waals surface area contributed by atoms with Gasteiger partial charge in [0.15, 0.2) is 5.69 Å². The highest BCUT2D eigenvalue weighted by molar-refractivity contribution is 5.92. The Hall–Kier alpha value is -2.34. The molecule has 3 rings (SSSR count). The number of likely N-dealkylation sites (tertiary alicyclic amines) is 1. The Labute approximate surface area is 167 Å². The summed E-state index contributed by atoms with van der Waals surface area (Å²) in [5.74, 6) is 1.89. The number of carbonyl (C=O) groups is 1. The van der Waals surface area contributed by atoms with Gasteiger partial charge in [-0.05, 0) is 68.5 Å². The highest BCUT2D eigenvalue weighted by Gasteiger charge is 2.21. The number of rotatable bonds is 7. The van der Waals surface area contributed by atoms with Gasteiger partial charge in [0, 0.05) is 25.3 Å². The van der Waals surface area contributed by atoms with Gasteiger partial charge in [-0.25, -0.2) is 4.68 Å². The van der Waals surface area contributed by atoms with Crippen molar-refractivity contribution in [3.8, 4) is 11.4 Å². The first kappa shape index (κ1) is 20.4. The molecule has 1 aliphatic heterocycles. The van der Waals surface area contributed by atoms with E-state index >= 15 is 0 Å². The largest absolute Gasteiger partial charge is 0.497 e. The Morgan fingerprint density at radius 1 is 1.32 bits per heavy atom. The number of hydrogen-bond acceptors (Lipinski definition) is 4. The van der Waals surface area contributed by atoms with Crippen molar-refractivity contribution in [1.29, 1.82) is 0 Å². The molecule has 28 heavy (non-hydrogen) atoms. The highest BCUT2D eigenvalue weighted by Crippen LogP contribution is 2.18. The van der Waals surface area contributed by atoms with Gasteiger partial charge in [0.1, 0.15) is 5.75 Å². The zero-order valence-corrected chi connectivity index (χ0v) is 17.4. The van der Waals surface area contributed by atoms with Crippen LogP contribution in [0.1, 0.15) is 42.9 Å². The smallest absolute Gasteiger partial charge is 0.271 e. The van der Waals surface area contributed by atoms with E-state index in [1.165, 1.54) is 19.4 Å². The van der Waals surface area contributed by atoms with Crippen LogP contribution >= 0.6 is 0 Å². The summed E-state index contributed by atoms with van der Waals surface area (Å²) in [6, 6.07) is 9.49. The standard InChI is InChI=1S/C22H32N4O2/c1-16(2)14-25-11-5-6-18(15-25)13-23-22(27)21-12-17(3)26(24-21)19-7-9-20(28-4)10-8-19/h7-10,12,16,18H,5-6,11,13-15H2,1-4H3,(H,23,27). The van der Waals surface area contributed by atoms with E-state index in [4.69, 9.17) is 4.74 Å². The SMILES string of the molecule is COc1ccc(-n2nc(C(=O)NCC3CCCN(CC(C)C)C3)cc2C)cc1. The van der Waals surface area contributed by atoms with E-state index in [-0.39, 0.29) is 5.91 Å². The molecule has 0 bridgehead atoms. The second-order valence-corrected chi connectivity index (χ2v) is 8.15. The van der Waals surface area contributed by atoms with E-state index in [0.29, 0.717) is 24.1 Å². The lowest BCUT2D eigenvalue weighted by Gasteiger charge is -2.33. The zero-order chi connectivity index (χ0) is 20.1. The van der Waals surface area contributed by atoms with Crippen LogP contribution in [-0.4, -0.2) is 53.9 Å². The maximum atomic E-state index is 12.6. The lowest BCUT2D eigenvalue weighted by Crippen LogP contribution is -2.42. The van der Waals surface area contributed by atoms with Crippen LogP contribution in [0, 0.1) is 18.8 Å². The number of amides is 1. The normalized spacial score (nSPS) is 17.7. The summed E-state index contributed by atoms with van der Waals surface area (Å²) in [5.41, 5.74) is 2.30. The minimum atomic E-state index is -0.101. The third kappa shape index (κ3) is 5.13. The molecular weight excluding hydrogens is 352 g/mol. The molecule has 0 spiro atoms. The van der Waals surface area contributed by atoms with Crippen molar-refractivity contribution in [2.75, 3.05) is 33.3 Å². The van der Waals surface area contributed by atoms with Crippen LogP contribution in [0.25, 0.3) is 5.69 Å². The van der Waals surface area contributed by atoms with Crippen molar-refractivity contribution in [3.05, 3.63) is 41.7 Å². The van der Waals surface area contributed by atoms with Crippen LogP contribution in [0.4, 0.5) is 0 Å². The van der Waals surface area contributed by atoms with E-state index in [0.717, 1.165) is 30.2 Å². The minimum Gasteiger partial charge on any atom is -0.497 e. The molecule has 1 aliphatic rings. The summed E-state index contributed by atoms with van der Waals surface area (Å²) >= 11 is 0. The first-order valence-corrected chi connectivity index (χ1v) is 10.2. The van der Waals surface area contributed by atoms with Gasteiger partial charge in [-0.1, -0.05) is 13.8 Å². The summed E-state index contributed by atoms with van der Waals surface area (Å²) in [7, 11) is 1.64. The number of ether oxygens (including phenoxy) is 1. The van der Waals surface area contributed by atoms with E-state index < -0.39 is 0 Å². The first-order valence-electron chi connectivity index (χ1n) is 10.2. The number of benzene rings is 1. The van der Waals surface area contributed by atoms with Crippen molar-refractivity contribution in [2.45, 2.75) is 33.6 Å². The molecule has 1 aromatic heterocycles. The number of piperidine rings is 1. The fourth-order valence-corrected chi connectivity index (χ4v) is 3.90. The van der Waals surface area contributed by atoms with Crippen LogP contribution in [0.3, 0.4) is 0 Å². The quantitative estimate of drug-likeness (QED) is 0.796. The van der Waals surface area contributed by atoms with Gasteiger partial charge in [0.2, 0.25) is 0 Å². The lowest BCUT2D eigenvalue weighted by atomic mass is 9.97. The Kier molecular flexibility index (Phi) is 6.73. The second kappa shape index (κ2) is 9.24. The fourth-order valence-electron chi connectivity index (χ4n) is 3.90. The van der Waals surface area contributed by atoms with Crippen molar-refractivity contribution in [3.63, 3.8) is 0 Å². The number of nitrogens with one attached hydrogen (secondary N) is 1. The van der Waals surface area contributed by atoms with E-state index in [1.807, 2.05) is 37.3 Å². The molecule has 2 heterocycles. The molecular formula is C22H32N4O2. The number of nitrogens with zero attached hydrogens (tertiary/aromatic N) is 3. The summed E-state index contributed by atoms with van der Waals surface area (Å²) in [6.45, 7) is 10.6. The molecule has 0 saturated carbocycles. The summed E-state index contributed by atoms with van der Waals surface area (Å²) in [4.78, 5) is 15.1. The van der Waals surface area contributed by atoms with Gasteiger partial charge in [-0.3, -0.25) is 4.79 Å². The Morgan fingerprint density at radius 3 is 2.75 bits per heavy atom. The molecule has 1 saturated heterocycles. The van der Waals surface area contributed by atoms with Crippen molar-refractivity contribution in [1.82, 2.24) is 20.0 Å². The van der Waals surface area contributed by atoms with Gasteiger partial charge >= 0.3 is 0 Å². The molecule has 1 aromatic carbocycles. The van der Waals surface area contributed by atoms with E-state index in [9.17, 15) is 4.79 Å². The van der Waals surface area contributed by atoms with Gasteiger partial charge < -0.3 is 15.0 Å². The van der Waals surface area contributed by atoms with Gasteiger partial charge in [0.25, 0.3) is 5.91 Å². The topological polar surface area (TPSA) is 59.4 Å². The summed E-state index contributed by atoms with van der Waals surface area (Å²) in [6.07, 6.45) is 2.38. The minimum absolute atomic E-state index is 0.101. The maximum Gasteiger partial charge on any atom is 0.271 e. The molecule has 1 fully saturated rings. The first-order chi connectivity index (χ1) is 13.5. The van der Waals surface area contributed by atoms with Gasteiger partial charge in [-0.15, -0.1) is 0 Å². The maximum absolute atomic E-state index is 12.6. The predicted octanol–water partition coefficient (Wildman–Crippen LogP) is 3.29. The Balaban J connectivity index is 1.59. The van der Waals surface area contributed by atoms with Crippen LogP contribution < -0.4 is 10.1 Å². The highest BCUT2D eigenvalue weighted by atomic mass is 16.5. The van der Waals surface area contributed by atoms with Crippen LogP contribution in [-0.2, 0) is 0 Å². The van der Waals surface area contributed by atoms with Crippen molar-refractivity contribution >= 4 is 5.91 Å². The average Bonchev–Trinajstić information content (AvgIpc) is 3.08. The average molecular weight is 385 g/mol. The Morgan fingerprint density at radius 2 is 2.07 bits per heavy atom. The molecule has 6 heteroatoms. The predicted molar refractivity (Wildman–Crippen MR) is 111 cm³/mol. The third-order valence-corrected chi connectivity index (χ3v) is 5.21. The van der Waals surface area contributed by atoms with Crippen LogP contribution in [0.5, 0.6) is 5.75 Å². The fraction of sp³-hybridized carbons (Fsp3) is 0.545. The number of aromatic nitrogens is 2.